The van der Waals surface area contributed by atoms with Gasteiger partial charge in [0.25, 0.3) is 0 Å². The summed E-state index contributed by atoms with van der Waals surface area (Å²) in [6.07, 6.45) is 3.11. The lowest BCUT2D eigenvalue weighted by atomic mass is 9.59. The first-order valence-electron chi connectivity index (χ1n) is 7.81. The second-order valence-electron chi connectivity index (χ2n) is 7.92. The molecule has 4 heteroatoms. The van der Waals surface area contributed by atoms with Crippen LogP contribution in [0.1, 0.15) is 74.1 Å². The Hall–Kier alpha value is -1.06. The second-order valence-corrected chi connectivity index (χ2v) is 7.92. The lowest BCUT2D eigenvalue weighted by molar-refractivity contribution is -0.202. The van der Waals surface area contributed by atoms with Crippen molar-refractivity contribution in [2.45, 2.75) is 85.4 Å². The van der Waals surface area contributed by atoms with Crippen LogP contribution in [0.5, 0.6) is 0 Å². The average Bonchev–Trinajstić information content (AvgIpc) is 2.21. The molecule has 0 aromatic heterocycles. The number of hydrogen-bond donors (Lipinski definition) is 0. The predicted octanol–water partition coefficient (Wildman–Crippen LogP) is 3.87. The Kier molecular flexibility index (Phi) is 5.12. The minimum absolute atomic E-state index is 0.123. The van der Waals surface area contributed by atoms with Crippen molar-refractivity contribution < 1.29 is 19.1 Å². The highest BCUT2D eigenvalue weighted by Gasteiger charge is 2.55. The summed E-state index contributed by atoms with van der Waals surface area (Å²) in [4.78, 5) is 24.0. The standard InChI is InChI=1S/C17H30O4/c1-12-9-8-10-16(6,7)17(12,20-13(2)18)11-14(19)21-15(3,4)5/h12H,8-11H2,1-7H3/t12-,17-/m1/s1. The Morgan fingerprint density at radius 3 is 2.24 bits per heavy atom. The van der Waals surface area contributed by atoms with Crippen molar-refractivity contribution in [3.63, 3.8) is 0 Å². The van der Waals surface area contributed by atoms with Crippen LogP contribution < -0.4 is 0 Å². The smallest absolute Gasteiger partial charge is 0.310 e. The van der Waals surface area contributed by atoms with Crippen molar-refractivity contribution in [3.05, 3.63) is 0 Å². The van der Waals surface area contributed by atoms with Crippen molar-refractivity contribution in [2.24, 2.45) is 11.3 Å². The minimum Gasteiger partial charge on any atom is -0.460 e. The summed E-state index contributed by atoms with van der Waals surface area (Å²) in [5, 5.41) is 0. The van der Waals surface area contributed by atoms with Crippen LogP contribution in [0.2, 0.25) is 0 Å². The first-order chi connectivity index (χ1) is 9.40. The Morgan fingerprint density at radius 2 is 1.81 bits per heavy atom. The van der Waals surface area contributed by atoms with E-state index in [1.165, 1.54) is 6.92 Å². The van der Waals surface area contributed by atoms with Gasteiger partial charge in [-0.2, -0.15) is 0 Å². The highest BCUT2D eigenvalue weighted by molar-refractivity contribution is 5.73. The summed E-state index contributed by atoms with van der Waals surface area (Å²) in [7, 11) is 0. The van der Waals surface area contributed by atoms with E-state index in [-0.39, 0.29) is 29.7 Å². The van der Waals surface area contributed by atoms with E-state index in [1.807, 2.05) is 20.8 Å². The van der Waals surface area contributed by atoms with E-state index in [0.717, 1.165) is 19.3 Å². The molecule has 2 atom stereocenters. The van der Waals surface area contributed by atoms with Gasteiger partial charge in [-0.15, -0.1) is 0 Å². The third-order valence-electron chi connectivity index (χ3n) is 4.53. The molecule has 1 rings (SSSR count). The minimum atomic E-state index is -0.778. The molecule has 0 unspecified atom stereocenters. The molecule has 0 heterocycles. The molecule has 1 fully saturated rings. The van der Waals surface area contributed by atoms with Gasteiger partial charge in [-0.3, -0.25) is 9.59 Å². The fourth-order valence-electron chi connectivity index (χ4n) is 3.50. The van der Waals surface area contributed by atoms with E-state index >= 15 is 0 Å². The van der Waals surface area contributed by atoms with Crippen LogP contribution in [-0.2, 0) is 19.1 Å². The van der Waals surface area contributed by atoms with Crippen LogP contribution in [0.3, 0.4) is 0 Å². The summed E-state index contributed by atoms with van der Waals surface area (Å²) in [5.41, 5.74) is -1.55. The zero-order valence-electron chi connectivity index (χ0n) is 14.5. The summed E-state index contributed by atoms with van der Waals surface area (Å²) in [6.45, 7) is 13.2. The fraction of sp³-hybridized carbons (Fsp3) is 0.882. The number of ether oxygens (including phenoxy) is 2. The first-order valence-corrected chi connectivity index (χ1v) is 7.81. The van der Waals surface area contributed by atoms with Gasteiger partial charge < -0.3 is 9.47 Å². The third-order valence-corrected chi connectivity index (χ3v) is 4.53. The highest BCUT2D eigenvalue weighted by atomic mass is 16.6. The number of hydrogen-bond acceptors (Lipinski definition) is 4. The van der Waals surface area contributed by atoms with Gasteiger partial charge in [0.1, 0.15) is 11.2 Å². The zero-order valence-corrected chi connectivity index (χ0v) is 14.5. The number of esters is 2. The van der Waals surface area contributed by atoms with Gasteiger partial charge in [-0.1, -0.05) is 27.2 Å². The molecule has 0 amide bonds. The summed E-state index contributed by atoms with van der Waals surface area (Å²) in [6, 6.07) is 0. The highest BCUT2D eigenvalue weighted by Crippen LogP contribution is 2.51. The van der Waals surface area contributed by atoms with E-state index in [2.05, 4.69) is 20.8 Å². The first kappa shape index (κ1) is 18.0. The Morgan fingerprint density at radius 1 is 1.24 bits per heavy atom. The van der Waals surface area contributed by atoms with E-state index in [0.29, 0.717) is 0 Å². The molecular formula is C17H30O4. The monoisotopic (exact) mass is 298 g/mol. The maximum atomic E-state index is 12.3. The Balaban J connectivity index is 3.08. The van der Waals surface area contributed by atoms with E-state index in [4.69, 9.17) is 9.47 Å². The molecule has 0 radical (unpaired) electrons. The van der Waals surface area contributed by atoms with Gasteiger partial charge in [0.2, 0.25) is 0 Å². The van der Waals surface area contributed by atoms with Gasteiger partial charge >= 0.3 is 11.9 Å². The molecule has 1 aliphatic rings. The molecule has 1 aliphatic carbocycles. The molecule has 0 aliphatic heterocycles. The lowest BCUT2D eigenvalue weighted by Gasteiger charge is -2.52. The normalized spacial score (nSPS) is 28.8. The Bertz CT molecular complexity index is 406. The largest absolute Gasteiger partial charge is 0.460 e. The van der Waals surface area contributed by atoms with Gasteiger partial charge in [0.05, 0.1) is 6.42 Å². The molecule has 0 saturated heterocycles. The van der Waals surface area contributed by atoms with Crippen molar-refractivity contribution in [1.82, 2.24) is 0 Å². The summed E-state index contributed by atoms with van der Waals surface area (Å²) < 4.78 is 11.2. The zero-order chi connectivity index (χ0) is 16.5. The molecule has 4 nitrogen and oxygen atoms in total. The molecule has 0 N–H and O–H groups in total. The van der Waals surface area contributed by atoms with Gasteiger partial charge in [0, 0.05) is 12.3 Å². The van der Waals surface area contributed by atoms with Crippen molar-refractivity contribution in [3.8, 4) is 0 Å². The van der Waals surface area contributed by atoms with Crippen LogP contribution in [0.25, 0.3) is 0 Å². The molecule has 1 saturated carbocycles. The van der Waals surface area contributed by atoms with Crippen molar-refractivity contribution >= 4 is 11.9 Å². The van der Waals surface area contributed by atoms with Crippen molar-refractivity contribution in [1.29, 1.82) is 0 Å². The van der Waals surface area contributed by atoms with Gasteiger partial charge in [0.15, 0.2) is 0 Å². The van der Waals surface area contributed by atoms with E-state index < -0.39 is 11.2 Å². The summed E-state index contributed by atoms with van der Waals surface area (Å²) >= 11 is 0. The topological polar surface area (TPSA) is 52.6 Å². The number of rotatable bonds is 3. The number of carbonyl (C=O) groups excluding carboxylic acids is 2. The fourth-order valence-corrected chi connectivity index (χ4v) is 3.50. The SMILES string of the molecule is CC(=O)O[C@]1(CC(=O)OC(C)(C)C)[C@H](C)CCCC1(C)C. The molecule has 0 bridgehead atoms. The maximum absolute atomic E-state index is 12.3. The second kappa shape index (κ2) is 5.98. The van der Waals surface area contributed by atoms with Crippen LogP contribution in [0.4, 0.5) is 0 Å². The molecule has 122 valence electrons. The maximum Gasteiger partial charge on any atom is 0.310 e. The van der Waals surface area contributed by atoms with Crippen LogP contribution in [0, 0.1) is 11.3 Å². The quantitative estimate of drug-likeness (QED) is 0.742. The average molecular weight is 298 g/mol. The Labute approximate surface area is 128 Å². The van der Waals surface area contributed by atoms with Crippen LogP contribution in [0.15, 0.2) is 0 Å². The van der Waals surface area contributed by atoms with Crippen LogP contribution >= 0.6 is 0 Å². The molecular weight excluding hydrogens is 268 g/mol. The van der Waals surface area contributed by atoms with E-state index in [9.17, 15) is 9.59 Å². The number of carbonyl (C=O) groups is 2. The molecule has 0 spiro atoms. The lowest BCUT2D eigenvalue weighted by Crippen LogP contribution is -2.56. The van der Waals surface area contributed by atoms with Gasteiger partial charge in [-0.05, 0) is 39.5 Å². The predicted molar refractivity (Wildman–Crippen MR) is 81.8 cm³/mol. The van der Waals surface area contributed by atoms with E-state index in [1.54, 1.807) is 0 Å². The third kappa shape index (κ3) is 4.21. The van der Waals surface area contributed by atoms with Crippen LogP contribution in [-0.4, -0.2) is 23.1 Å². The van der Waals surface area contributed by atoms with Crippen molar-refractivity contribution in [2.75, 3.05) is 0 Å². The molecule has 0 aromatic rings. The summed E-state index contributed by atoms with van der Waals surface area (Å²) in [5.74, 6) is -0.497. The molecule has 0 aromatic carbocycles. The molecule has 21 heavy (non-hydrogen) atoms. The van der Waals surface area contributed by atoms with Gasteiger partial charge in [-0.25, -0.2) is 0 Å².